The molecule has 524 valence electrons. The fourth-order valence-corrected chi connectivity index (χ4v) is 9.86. The molecule has 0 saturated carbocycles. The number of nitrogens with one attached hydrogen (secondary N) is 1. The smallest absolute Gasteiger partial charge is 0.377 e. The summed E-state index contributed by atoms with van der Waals surface area (Å²) in [4.78, 5) is 10.7. The minimum atomic E-state index is -4.44. The maximum atomic E-state index is 10.4. The van der Waals surface area contributed by atoms with Crippen molar-refractivity contribution >= 4 is 38.2 Å². The summed E-state index contributed by atoms with van der Waals surface area (Å²) in [6.45, 7) is 20.4. The van der Waals surface area contributed by atoms with Crippen LogP contribution in [0.5, 0.6) is 0 Å². The highest BCUT2D eigenvalue weighted by molar-refractivity contribution is 7.80. The lowest BCUT2D eigenvalue weighted by Crippen LogP contribution is -2.38. The van der Waals surface area contributed by atoms with Crippen molar-refractivity contribution in [1.29, 1.82) is 0 Å². The highest BCUT2D eigenvalue weighted by atomic mass is 32.3. The van der Waals surface area contributed by atoms with Crippen LogP contribution in [-0.2, 0) is 114 Å². The molecule has 4 aromatic carbocycles. The molecule has 0 aliphatic carbocycles. The van der Waals surface area contributed by atoms with Crippen molar-refractivity contribution in [3.8, 4) is 0 Å². The Morgan fingerprint density at radius 1 is 0.404 bits per heavy atom. The van der Waals surface area contributed by atoms with Crippen LogP contribution in [0, 0.1) is 0 Å². The molecule has 0 unspecified atom stereocenters. The normalized spacial score (nSPS) is 12.3. The first kappa shape index (κ1) is 77.8. The molecule has 0 aliphatic heterocycles. The number of benzene rings is 4. The van der Waals surface area contributed by atoms with Gasteiger partial charge in [0.15, 0.2) is 5.82 Å². The highest BCUT2D eigenvalue weighted by Gasteiger charge is 2.38. The molecule has 2 heterocycles. The third-order valence-corrected chi connectivity index (χ3v) is 14.4. The lowest BCUT2D eigenvalue weighted by atomic mass is 9.77. The van der Waals surface area contributed by atoms with Crippen molar-refractivity contribution in [1.82, 2.24) is 14.5 Å². The third kappa shape index (κ3) is 30.9. The fourth-order valence-electron chi connectivity index (χ4n) is 9.58. The van der Waals surface area contributed by atoms with Gasteiger partial charge in [0.1, 0.15) is 23.5 Å². The molecule has 6 rings (SSSR count). The molecule has 0 aliphatic rings. The van der Waals surface area contributed by atoms with Gasteiger partial charge in [-0.15, -0.1) is 0 Å². The number of aromatic nitrogens is 3. The Morgan fingerprint density at radius 3 is 1.04 bits per heavy atom. The number of pyridine rings is 1. The van der Waals surface area contributed by atoms with E-state index in [1.54, 1.807) is 0 Å². The van der Waals surface area contributed by atoms with E-state index in [1.165, 1.54) is 0 Å². The molecule has 0 bridgehead atoms. The van der Waals surface area contributed by atoms with E-state index in [9.17, 15) is 8.42 Å². The first-order valence-electron chi connectivity index (χ1n) is 32.3. The van der Waals surface area contributed by atoms with Crippen molar-refractivity contribution in [2.45, 2.75) is 45.1 Å². The van der Waals surface area contributed by atoms with Crippen LogP contribution in [0.2, 0.25) is 0 Å². The average Bonchev–Trinajstić information content (AvgIpc) is 1.28. The molecule has 0 amide bonds. The Morgan fingerprint density at radius 2 is 0.713 bits per heavy atom. The monoisotopic (exact) mass is 1340 g/mol. The Labute approximate surface area is 554 Å². The van der Waals surface area contributed by atoms with E-state index in [1.807, 2.05) is 37.3 Å². The molecular weight excluding hydrogens is 1240 g/mol. The third-order valence-electron chi connectivity index (χ3n) is 14.0. The summed E-state index contributed by atoms with van der Waals surface area (Å²) < 4.78 is 131. The van der Waals surface area contributed by atoms with Gasteiger partial charge < -0.3 is 90.4 Å². The lowest BCUT2D eigenvalue weighted by molar-refractivity contribution is -0.0621. The van der Waals surface area contributed by atoms with Crippen LogP contribution in [-0.4, -0.2) is 251 Å². The Bertz CT molecular complexity index is 2880. The second kappa shape index (κ2) is 47.6. The van der Waals surface area contributed by atoms with Gasteiger partial charge in [0.05, 0.1) is 235 Å². The van der Waals surface area contributed by atoms with Crippen LogP contribution in [0.3, 0.4) is 0 Å². The predicted octanol–water partition coefficient (Wildman–Crippen LogP) is 7.39. The fraction of sp³-hybridized carbons (Fsp3) is 0.588. The minimum Gasteiger partial charge on any atom is -0.377 e. The molecule has 2 N–H and O–H groups in total. The molecule has 0 radical (unpaired) electrons. The summed E-state index contributed by atoms with van der Waals surface area (Å²) >= 11 is 0. The summed E-state index contributed by atoms with van der Waals surface area (Å²) in [5.74, 6) is 1.44. The molecule has 2 aromatic heterocycles. The number of hydrogen-bond donors (Lipinski definition) is 2. The maximum absolute atomic E-state index is 10.4. The molecule has 0 spiro atoms. The van der Waals surface area contributed by atoms with Crippen molar-refractivity contribution in [3.05, 3.63) is 138 Å². The topological polar surface area (TPSA) is 263 Å². The molecule has 0 atom stereocenters. The van der Waals surface area contributed by atoms with Crippen molar-refractivity contribution in [2.75, 3.05) is 223 Å². The molecule has 25 nitrogen and oxygen atoms in total. The van der Waals surface area contributed by atoms with E-state index < -0.39 is 21.5 Å². The zero-order valence-electron chi connectivity index (χ0n) is 55.1. The first-order chi connectivity index (χ1) is 46.1. The molecule has 0 saturated heterocycles. The van der Waals surface area contributed by atoms with Crippen LogP contribution in [0.1, 0.15) is 43.3 Å². The van der Waals surface area contributed by atoms with E-state index in [-0.39, 0.29) is 19.8 Å². The summed E-state index contributed by atoms with van der Waals surface area (Å²) in [6.07, 6.45) is 0. The molecule has 6 aromatic rings. The maximum Gasteiger partial charge on any atom is 0.397 e. The van der Waals surface area contributed by atoms with Gasteiger partial charge in [0.25, 0.3) is 0 Å². The first-order valence-corrected chi connectivity index (χ1v) is 33.7. The predicted molar refractivity (Wildman–Crippen MR) is 353 cm³/mol. The number of ether oxygens (including phenoxy) is 17. The van der Waals surface area contributed by atoms with E-state index in [2.05, 4.69) is 113 Å². The van der Waals surface area contributed by atoms with Crippen molar-refractivity contribution in [3.63, 3.8) is 0 Å². The van der Waals surface area contributed by atoms with Crippen molar-refractivity contribution in [2.24, 2.45) is 0 Å². The van der Waals surface area contributed by atoms with Gasteiger partial charge >= 0.3 is 10.4 Å². The molecular formula is C68H100N4O21S. The highest BCUT2D eigenvalue weighted by Crippen LogP contribution is 2.42. The van der Waals surface area contributed by atoms with Gasteiger partial charge in [0, 0.05) is 12.0 Å². The zero-order valence-corrected chi connectivity index (χ0v) is 55.9. The number of hydrogen-bond acceptors (Lipinski definition) is 23. The second-order valence-corrected chi connectivity index (χ2v) is 22.5. The standard InChI is InChI=1S/C68H100N4O21S/c1-4-76-56-63-70-64-65(61-22-14-15-23-62(61)69-66(64)71-68(58-16-8-5-9-17-58,59-18-10-6-11-19-59)60-20-12-7-13-21-60)72(63)57-67(2,3)92-54-52-90-50-48-88-46-44-86-42-40-84-38-36-82-34-32-80-30-28-78-26-24-77-25-27-79-29-31-81-33-35-83-37-39-85-41-43-87-45-47-89-49-51-91-53-55-93-94(73,74)75/h5-23H,4,24-57H2,1-3H3,(H,69,71)(H,73,74,75). The van der Waals surface area contributed by atoms with Gasteiger partial charge in [-0.05, 0) is 43.5 Å². The average molecular weight is 1340 g/mol. The zero-order chi connectivity index (χ0) is 66.3. The van der Waals surface area contributed by atoms with Gasteiger partial charge in [-0.3, -0.25) is 4.55 Å². The van der Waals surface area contributed by atoms with Crippen LogP contribution in [0.15, 0.2) is 115 Å². The van der Waals surface area contributed by atoms with Crippen LogP contribution in [0.4, 0.5) is 5.82 Å². The Hall–Kier alpha value is -5.25. The van der Waals surface area contributed by atoms with Crippen molar-refractivity contribution < 1.29 is 97.7 Å². The number of rotatable bonds is 60. The molecule has 94 heavy (non-hydrogen) atoms. The van der Waals surface area contributed by atoms with E-state index in [0.29, 0.717) is 217 Å². The van der Waals surface area contributed by atoms with Gasteiger partial charge in [0.2, 0.25) is 0 Å². The van der Waals surface area contributed by atoms with E-state index in [0.717, 1.165) is 44.5 Å². The number of para-hydroxylation sites is 1. The Balaban J connectivity index is 0.703. The SMILES string of the molecule is CCOCc1nc2c(NC(c3ccccc3)(c3ccccc3)c3ccccc3)nc3ccccc3c2n1CC(C)(C)OCCOCCOCCOCCOCCOCCOCCOCCOCCOCCOCCOCCOCCOCCOCCOCCOS(=O)(=O)O. The molecule has 26 heteroatoms. The summed E-state index contributed by atoms with van der Waals surface area (Å²) in [5.41, 5.74) is 4.32. The number of anilines is 1. The van der Waals surface area contributed by atoms with Crippen LogP contribution in [0.25, 0.3) is 21.9 Å². The minimum absolute atomic E-state index is 0.0209. The second-order valence-electron chi connectivity index (χ2n) is 21.4. The quantitative estimate of drug-likeness (QED) is 0.0214. The van der Waals surface area contributed by atoms with Gasteiger partial charge in [-0.1, -0.05) is 109 Å². The van der Waals surface area contributed by atoms with Gasteiger partial charge in [-0.25, -0.2) is 14.2 Å². The summed E-state index contributed by atoms with van der Waals surface area (Å²) in [5, 5.41) is 5.01. The largest absolute Gasteiger partial charge is 0.397 e. The molecule has 0 fully saturated rings. The summed E-state index contributed by atoms with van der Waals surface area (Å²) in [6, 6.07) is 39.8. The van der Waals surface area contributed by atoms with Crippen LogP contribution >= 0.6 is 0 Å². The van der Waals surface area contributed by atoms with Crippen LogP contribution < -0.4 is 5.32 Å². The lowest BCUT2D eigenvalue weighted by Gasteiger charge is -2.37. The Kier molecular flexibility index (Phi) is 39.4. The number of fused-ring (bicyclic) bond motifs is 3. The number of imidazole rings is 1. The van der Waals surface area contributed by atoms with Gasteiger partial charge in [-0.2, -0.15) is 8.42 Å². The summed E-state index contributed by atoms with van der Waals surface area (Å²) in [7, 11) is -4.44. The number of nitrogens with zero attached hydrogens (tertiary/aromatic N) is 3. The van der Waals surface area contributed by atoms with E-state index in [4.69, 9.17) is 95.0 Å². The van der Waals surface area contributed by atoms with E-state index >= 15 is 0 Å².